The normalized spacial score (nSPS) is 29.8. The molecule has 0 radical (unpaired) electrons. The first-order chi connectivity index (χ1) is 5.24. The van der Waals surface area contributed by atoms with Gasteiger partial charge in [-0.25, -0.2) is 4.79 Å². The van der Waals surface area contributed by atoms with E-state index in [1.807, 2.05) is 0 Å². The van der Waals surface area contributed by atoms with Gasteiger partial charge in [0.2, 0.25) is 0 Å². The summed E-state index contributed by atoms with van der Waals surface area (Å²) in [5.41, 5.74) is 0. The molecular formula is C7H11NO3. The lowest BCUT2D eigenvalue weighted by Crippen LogP contribution is -2.36. The number of carboxylic acid groups (broad SMARTS) is 1. The molecule has 0 aromatic heterocycles. The van der Waals surface area contributed by atoms with E-state index in [0.717, 1.165) is 25.5 Å². The molecule has 1 aliphatic rings. The van der Waals surface area contributed by atoms with Gasteiger partial charge in [0.25, 0.3) is 0 Å². The lowest BCUT2D eigenvalue weighted by Gasteiger charge is -2.12. The third-order valence-corrected chi connectivity index (χ3v) is 2.05. The van der Waals surface area contributed by atoms with Crippen LogP contribution < -0.4 is 5.32 Å². The SMILES string of the molecule is O=C[C@H]1CCC[C@@H]1NC(=O)O. The molecule has 1 fully saturated rings. The third-order valence-electron chi connectivity index (χ3n) is 2.05. The molecule has 0 unspecified atom stereocenters. The predicted molar refractivity (Wildman–Crippen MR) is 38.4 cm³/mol. The molecule has 0 heterocycles. The van der Waals surface area contributed by atoms with E-state index in [4.69, 9.17) is 5.11 Å². The zero-order valence-corrected chi connectivity index (χ0v) is 6.12. The molecule has 62 valence electrons. The highest BCUT2D eigenvalue weighted by atomic mass is 16.4. The van der Waals surface area contributed by atoms with Crippen molar-refractivity contribution in [2.24, 2.45) is 5.92 Å². The van der Waals surface area contributed by atoms with E-state index in [1.54, 1.807) is 0 Å². The Balaban J connectivity index is 2.43. The summed E-state index contributed by atoms with van der Waals surface area (Å²) >= 11 is 0. The quantitative estimate of drug-likeness (QED) is 0.577. The molecule has 1 rings (SSSR count). The van der Waals surface area contributed by atoms with Gasteiger partial charge in [0.05, 0.1) is 0 Å². The lowest BCUT2D eigenvalue weighted by molar-refractivity contribution is -0.111. The fraction of sp³-hybridized carbons (Fsp3) is 0.714. The summed E-state index contributed by atoms with van der Waals surface area (Å²) < 4.78 is 0. The first-order valence-corrected chi connectivity index (χ1v) is 3.69. The van der Waals surface area contributed by atoms with Crippen molar-refractivity contribution in [2.45, 2.75) is 25.3 Å². The molecule has 0 aromatic carbocycles. The van der Waals surface area contributed by atoms with E-state index in [2.05, 4.69) is 5.32 Å². The Kier molecular flexibility index (Phi) is 2.46. The van der Waals surface area contributed by atoms with Crippen molar-refractivity contribution in [2.75, 3.05) is 0 Å². The van der Waals surface area contributed by atoms with Gasteiger partial charge < -0.3 is 15.2 Å². The second kappa shape index (κ2) is 3.37. The van der Waals surface area contributed by atoms with Gasteiger partial charge in [-0.1, -0.05) is 6.42 Å². The van der Waals surface area contributed by atoms with Crippen molar-refractivity contribution in [3.8, 4) is 0 Å². The topological polar surface area (TPSA) is 66.4 Å². The van der Waals surface area contributed by atoms with E-state index in [-0.39, 0.29) is 12.0 Å². The fourth-order valence-corrected chi connectivity index (χ4v) is 1.49. The monoisotopic (exact) mass is 157 g/mol. The van der Waals surface area contributed by atoms with Crippen LogP contribution in [0.1, 0.15) is 19.3 Å². The maximum absolute atomic E-state index is 10.4. The number of hydrogen-bond acceptors (Lipinski definition) is 2. The summed E-state index contributed by atoms with van der Waals surface area (Å²) in [6, 6.07) is -0.148. The molecule has 2 atom stereocenters. The summed E-state index contributed by atoms with van der Waals surface area (Å²) in [5.74, 6) is -0.105. The van der Waals surface area contributed by atoms with Crippen LogP contribution in [-0.2, 0) is 4.79 Å². The molecule has 0 saturated heterocycles. The van der Waals surface area contributed by atoms with Crippen LogP contribution in [-0.4, -0.2) is 23.5 Å². The number of aldehydes is 1. The van der Waals surface area contributed by atoms with Gasteiger partial charge in [0, 0.05) is 12.0 Å². The van der Waals surface area contributed by atoms with Gasteiger partial charge in [-0.05, 0) is 12.8 Å². The maximum atomic E-state index is 10.4. The Morgan fingerprint density at radius 3 is 2.82 bits per heavy atom. The van der Waals surface area contributed by atoms with Crippen LogP contribution in [0.4, 0.5) is 4.79 Å². The number of hydrogen-bond donors (Lipinski definition) is 2. The Morgan fingerprint density at radius 1 is 1.55 bits per heavy atom. The third kappa shape index (κ3) is 1.93. The highest BCUT2D eigenvalue weighted by molar-refractivity contribution is 5.66. The molecule has 2 N–H and O–H groups in total. The number of amides is 1. The van der Waals surface area contributed by atoms with Crippen molar-refractivity contribution in [1.29, 1.82) is 0 Å². The Morgan fingerprint density at radius 2 is 2.27 bits per heavy atom. The van der Waals surface area contributed by atoms with Crippen molar-refractivity contribution in [3.63, 3.8) is 0 Å². The van der Waals surface area contributed by atoms with Gasteiger partial charge in [0.15, 0.2) is 0 Å². The largest absolute Gasteiger partial charge is 0.465 e. The summed E-state index contributed by atoms with van der Waals surface area (Å²) in [7, 11) is 0. The highest BCUT2D eigenvalue weighted by Gasteiger charge is 2.27. The Labute approximate surface area is 64.6 Å². The molecule has 4 nitrogen and oxygen atoms in total. The van der Waals surface area contributed by atoms with Crippen molar-refractivity contribution in [3.05, 3.63) is 0 Å². The average molecular weight is 157 g/mol. The fourth-order valence-electron chi connectivity index (χ4n) is 1.49. The maximum Gasteiger partial charge on any atom is 0.404 e. The molecule has 1 amide bonds. The molecular weight excluding hydrogens is 146 g/mol. The Bertz CT molecular complexity index is 169. The molecule has 0 aromatic rings. The molecule has 0 spiro atoms. The lowest BCUT2D eigenvalue weighted by atomic mass is 10.1. The predicted octanol–water partition coefficient (Wildman–Crippen LogP) is 0.622. The van der Waals surface area contributed by atoms with Crippen molar-refractivity contribution < 1.29 is 14.7 Å². The molecule has 1 saturated carbocycles. The summed E-state index contributed by atoms with van der Waals surface area (Å²) in [6.45, 7) is 0. The van der Waals surface area contributed by atoms with Gasteiger partial charge in [-0.15, -0.1) is 0 Å². The minimum atomic E-state index is -1.04. The first-order valence-electron chi connectivity index (χ1n) is 3.69. The van der Waals surface area contributed by atoms with Gasteiger partial charge in [0.1, 0.15) is 6.29 Å². The van der Waals surface area contributed by atoms with E-state index in [0.29, 0.717) is 0 Å². The minimum absolute atomic E-state index is 0.105. The van der Waals surface area contributed by atoms with Gasteiger partial charge in [-0.2, -0.15) is 0 Å². The van der Waals surface area contributed by atoms with Crippen LogP contribution >= 0.6 is 0 Å². The zero-order chi connectivity index (χ0) is 8.27. The van der Waals surface area contributed by atoms with E-state index in [1.165, 1.54) is 0 Å². The number of nitrogens with one attached hydrogen (secondary N) is 1. The van der Waals surface area contributed by atoms with Crippen molar-refractivity contribution >= 4 is 12.4 Å². The van der Waals surface area contributed by atoms with Crippen molar-refractivity contribution in [1.82, 2.24) is 5.32 Å². The van der Waals surface area contributed by atoms with Gasteiger partial charge >= 0.3 is 6.09 Å². The number of rotatable bonds is 2. The van der Waals surface area contributed by atoms with Crippen LogP contribution in [0.2, 0.25) is 0 Å². The van der Waals surface area contributed by atoms with E-state index in [9.17, 15) is 9.59 Å². The van der Waals surface area contributed by atoms with Gasteiger partial charge in [-0.3, -0.25) is 0 Å². The minimum Gasteiger partial charge on any atom is -0.465 e. The van der Waals surface area contributed by atoms with E-state index < -0.39 is 6.09 Å². The number of carbonyl (C=O) groups is 2. The summed E-state index contributed by atoms with van der Waals surface area (Å²) in [4.78, 5) is 20.6. The van der Waals surface area contributed by atoms with Crippen LogP contribution in [0.15, 0.2) is 0 Å². The van der Waals surface area contributed by atoms with Crippen LogP contribution in [0.25, 0.3) is 0 Å². The summed E-state index contributed by atoms with van der Waals surface area (Å²) in [5, 5.41) is 10.7. The molecule has 4 heteroatoms. The highest BCUT2D eigenvalue weighted by Crippen LogP contribution is 2.23. The molecule has 1 aliphatic carbocycles. The Hall–Kier alpha value is -1.06. The molecule has 11 heavy (non-hydrogen) atoms. The van der Waals surface area contributed by atoms with Crippen LogP contribution in [0.5, 0.6) is 0 Å². The second-order valence-corrected chi connectivity index (χ2v) is 2.79. The standard InChI is InChI=1S/C7H11NO3/c9-4-5-2-1-3-6(5)8-7(10)11/h4-6,8H,1-3H2,(H,10,11)/t5-,6+/m1/s1. The van der Waals surface area contributed by atoms with E-state index >= 15 is 0 Å². The first kappa shape index (κ1) is 8.04. The second-order valence-electron chi connectivity index (χ2n) is 2.79. The zero-order valence-electron chi connectivity index (χ0n) is 6.12. The summed E-state index contributed by atoms with van der Waals surface area (Å²) in [6.07, 6.45) is 2.34. The molecule has 0 bridgehead atoms. The van der Waals surface area contributed by atoms with Crippen LogP contribution in [0, 0.1) is 5.92 Å². The average Bonchev–Trinajstić information content (AvgIpc) is 2.34. The number of carbonyl (C=O) groups excluding carboxylic acids is 1. The molecule has 0 aliphatic heterocycles. The smallest absolute Gasteiger partial charge is 0.404 e. The van der Waals surface area contributed by atoms with Crippen LogP contribution in [0.3, 0.4) is 0 Å².